The molecule has 0 atom stereocenters. The molecule has 5 aromatic rings. The Balaban J connectivity index is 1.16. The molecule has 11 nitrogen and oxygen atoms in total. The van der Waals surface area contributed by atoms with Crippen LogP contribution in [-0.2, 0) is 4.79 Å². The lowest BCUT2D eigenvalue weighted by atomic mass is 9.98. The van der Waals surface area contributed by atoms with Crippen LogP contribution in [0.5, 0.6) is 11.6 Å². The van der Waals surface area contributed by atoms with Crippen molar-refractivity contribution in [1.29, 1.82) is 0 Å². The summed E-state index contributed by atoms with van der Waals surface area (Å²) < 4.78 is 49.9. The number of aromatic nitrogens is 4. The van der Waals surface area contributed by atoms with E-state index in [-0.39, 0.29) is 28.6 Å². The number of H-pyrrole nitrogens is 1. The highest BCUT2D eigenvalue weighted by Gasteiger charge is 2.53. The van der Waals surface area contributed by atoms with Crippen LogP contribution in [0.1, 0.15) is 47.3 Å². The van der Waals surface area contributed by atoms with Gasteiger partial charge in [0, 0.05) is 17.0 Å². The number of aryl methyl sites for hydroxylation is 1. The number of amides is 3. The van der Waals surface area contributed by atoms with Crippen molar-refractivity contribution in [3.63, 3.8) is 0 Å². The molecule has 3 aromatic heterocycles. The van der Waals surface area contributed by atoms with E-state index in [4.69, 9.17) is 10.5 Å². The van der Waals surface area contributed by atoms with Crippen molar-refractivity contribution in [2.75, 3.05) is 10.6 Å². The molecular weight excluding hydrogens is 591 g/mol. The number of fused-ring (bicyclic) bond motifs is 1. The van der Waals surface area contributed by atoms with Gasteiger partial charge >= 0.3 is 6.03 Å². The number of carbonyl (C=O) groups excluding carboxylic acids is 3. The quantitative estimate of drug-likeness (QED) is 0.170. The van der Waals surface area contributed by atoms with E-state index in [1.807, 2.05) is 0 Å². The number of nitrogens with two attached hydrogens (primary N) is 1. The summed E-state index contributed by atoms with van der Waals surface area (Å²) in [4.78, 5) is 47.3. The van der Waals surface area contributed by atoms with Gasteiger partial charge in [-0.05, 0) is 55.7 Å². The van der Waals surface area contributed by atoms with Gasteiger partial charge in [0.1, 0.15) is 17.2 Å². The summed E-state index contributed by atoms with van der Waals surface area (Å²) in [6.45, 7) is 1.67. The van der Waals surface area contributed by atoms with Gasteiger partial charge in [-0.25, -0.2) is 32.5 Å². The standard InChI is InChI=1S/C31H24F3N7O4/c1-15-9-25(45-27-18(32)5-4-6-19(27)33)36-14-24(15)41-28(35)17(13-37-41)26(42)22-11-16-10-20(34)23(12-21(16)38-22)40-29(43)31(39-30(40)44)7-2-3-8-31/h4-6,9-14,38H,2-3,7-8,35H2,1H3,(H,39,44). The molecule has 14 heteroatoms. The Morgan fingerprint density at radius 1 is 1.00 bits per heavy atom. The number of ketones is 1. The van der Waals surface area contributed by atoms with Crippen LogP contribution in [0.3, 0.4) is 0 Å². The normalized spacial score (nSPS) is 15.8. The predicted octanol–water partition coefficient (Wildman–Crippen LogP) is 5.45. The predicted molar refractivity (Wildman–Crippen MR) is 156 cm³/mol. The zero-order valence-electron chi connectivity index (χ0n) is 23.7. The summed E-state index contributed by atoms with van der Waals surface area (Å²) >= 11 is 0. The fraction of sp³-hybridized carbons (Fsp3) is 0.194. The molecule has 4 N–H and O–H groups in total. The number of carbonyl (C=O) groups is 3. The van der Waals surface area contributed by atoms with Crippen LogP contribution >= 0.6 is 0 Å². The molecule has 1 saturated heterocycles. The molecule has 2 aliphatic rings. The molecule has 1 aliphatic carbocycles. The van der Waals surface area contributed by atoms with Gasteiger partial charge in [0.15, 0.2) is 11.6 Å². The molecule has 1 saturated carbocycles. The first-order chi connectivity index (χ1) is 21.6. The van der Waals surface area contributed by atoms with E-state index >= 15 is 4.39 Å². The van der Waals surface area contributed by atoms with Gasteiger partial charge < -0.3 is 20.8 Å². The first-order valence-electron chi connectivity index (χ1n) is 14.0. The Morgan fingerprint density at radius 2 is 1.73 bits per heavy atom. The number of rotatable bonds is 6. The van der Waals surface area contributed by atoms with Crippen molar-refractivity contribution in [1.82, 2.24) is 25.1 Å². The second-order valence-electron chi connectivity index (χ2n) is 11.1. The third-order valence-corrected chi connectivity index (χ3v) is 8.26. The van der Waals surface area contributed by atoms with E-state index in [9.17, 15) is 23.2 Å². The molecule has 2 aromatic carbocycles. The Bertz CT molecular complexity index is 2050. The fourth-order valence-electron chi connectivity index (χ4n) is 5.95. The number of hydrogen-bond donors (Lipinski definition) is 3. The molecule has 4 heterocycles. The maximum atomic E-state index is 15.3. The third-order valence-electron chi connectivity index (χ3n) is 8.26. The number of aromatic amines is 1. The Labute approximate surface area is 252 Å². The highest BCUT2D eigenvalue weighted by molar-refractivity contribution is 6.24. The summed E-state index contributed by atoms with van der Waals surface area (Å²) in [7, 11) is 0. The van der Waals surface area contributed by atoms with E-state index in [0.29, 0.717) is 35.0 Å². The molecule has 0 radical (unpaired) electrons. The third kappa shape index (κ3) is 4.48. The van der Waals surface area contributed by atoms with Crippen LogP contribution in [0.25, 0.3) is 16.6 Å². The van der Waals surface area contributed by atoms with Gasteiger partial charge in [0.25, 0.3) is 5.91 Å². The number of hydrogen-bond acceptors (Lipinski definition) is 7. The van der Waals surface area contributed by atoms with E-state index in [0.717, 1.165) is 35.9 Å². The van der Waals surface area contributed by atoms with Crippen LogP contribution in [0.4, 0.5) is 29.5 Å². The fourth-order valence-corrected chi connectivity index (χ4v) is 5.95. The first kappa shape index (κ1) is 28.1. The van der Waals surface area contributed by atoms with Crippen LogP contribution < -0.4 is 20.7 Å². The van der Waals surface area contributed by atoms with Gasteiger partial charge in [-0.2, -0.15) is 5.10 Å². The minimum atomic E-state index is -1.01. The molecule has 228 valence electrons. The zero-order chi connectivity index (χ0) is 31.6. The summed E-state index contributed by atoms with van der Waals surface area (Å²) in [5.41, 5.74) is 6.44. The summed E-state index contributed by atoms with van der Waals surface area (Å²) in [5.74, 6) is -4.29. The van der Waals surface area contributed by atoms with Crippen molar-refractivity contribution in [3.8, 4) is 17.3 Å². The molecule has 7 rings (SSSR count). The van der Waals surface area contributed by atoms with Crippen LogP contribution in [0, 0.1) is 24.4 Å². The van der Waals surface area contributed by atoms with Crippen molar-refractivity contribution >= 4 is 40.1 Å². The van der Waals surface area contributed by atoms with Crippen molar-refractivity contribution < 1.29 is 32.3 Å². The van der Waals surface area contributed by atoms with Gasteiger partial charge in [0.2, 0.25) is 17.4 Å². The van der Waals surface area contributed by atoms with Crippen molar-refractivity contribution in [3.05, 3.63) is 89.1 Å². The number of para-hydroxylation sites is 1. The number of pyridine rings is 1. The SMILES string of the molecule is Cc1cc(Oc2c(F)cccc2F)ncc1-n1ncc(C(=O)c2cc3cc(F)c(N4C(=O)NC5(CCCC5)C4=O)cc3[nH]2)c1N. The molecule has 1 aliphatic heterocycles. The number of nitrogen functional groups attached to an aromatic ring is 1. The molecule has 0 bridgehead atoms. The summed E-state index contributed by atoms with van der Waals surface area (Å²) in [5, 5.41) is 7.31. The van der Waals surface area contributed by atoms with E-state index < -0.39 is 46.5 Å². The van der Waals surface area contributed by atoms with E-state index in [2.05, 4.69) is 20.4 Å². The van der Waals surface area contributed by atoms with Crippen LogP contribution in [0.2, 0.25) is 0 Å². The molecule has 3 amide bonds. The minimum Gasteiger partial charge on any atom is -0.433 e. The first-order valence-corrected chi connectivity index (χ1v) is 14.0. The van der Waals surface area contributed by atoms with E-state index in [1.165, 1.54) is 41.3 Å². The minimum absolute atomic E-state index is 0.0227. The molecular formula is C31H24F3N7O4. The van der Waals surface area contributed by atoms with Gasteiger partial charge in [0.05, 0.1) is 35.0 Å². The van der Waals surface area contributed by atoms with Gasteiger partial charge in [-0.3, -0.25) is 9.59 Å². The second-order valence-corrected chi connectivity index (χ2v) is 11.1. The Kier molecular flexibility index (Phi) is 6.39. The van der Waals surface area contributed by atoms with Gasteiger partial charge in [-0.15, -0.1) is 0 Å². The number of anilines is 2. The maximum absolute atomic E-state index is 15.3. The van der Waals surface area contributed by atoms with Crippen LogP contribution in [-0.4, -0.2) is 43.0 Å². The zero-order valence-corrected chi connectivity index (χ0v) is 23.7. The number of ether oxygens (including phenoxy) is 1. The average Bonchev–Trinajstić information content (AvgIpc) is 3.78. The highest BCUT2D eigenvalue weighted by Crippen LogP contribution is 2.39. The lowest BCUT2D eigenvalue weighted by Gasteiger charge is -2.20. The summed E-state index contributed by atoms with van der Waals surface area (Å²) in [6.07, 6.45) is 5.16. The molecule has 0 unspecified atom stereocenters. The number of urea groups is 1. The largest absolute Gasteiger partial charge is 0.433 e. The molecule has 45 heavy (non-hydrogen) atoms. The maximum Gasteiger partial charge on any atom is 0.329 e. The Morgan fingerprint density at radius 3 is 2.44 bits per heavy atom. The number of imide groups is 1. The summed E-state index contributed by atoms with van der Waals surface area (Å²) in [6, 6.07) is 7.99. The topological polar surface area (TPSA) is 148 Å². The number of nitrogens with one attached hydrogen (secondary N) is 2. The van der Waals surface area contributed by atoms with Crippen molar-refractivity contribution in [2.24, 2.45) is 0 Å². The molecule has 2 fully saturated rings. The lowest BCUT2D eigenvalue weighted by molar-refractivity contribution is -0.121. The Hall–Kier alpha value is -5.66. The van der Waals surface area contributed by atoms with Gasteiger partial charge in [-0.1, -0.05) is 18.9 Å². The van der Waals surface area contributed by atoms with E-state index in [1.54, 1.807) is 6.92 Å². The number of halogens is 3. The van der Waals surface area contributed by atoms with Crippen LogP contribution in [0.15, 0.2) is 54.9 Å². The number of nitrogens with zero attached hydrogens (tertiary/aromatic N) is 4. The molecule has 1 spiro atoms. The average molecular weight is 616 g/mol. The monoisotopic (exact) mass is 615 g/mol. The number of benzene rings is 2. The van der Waals surface area contributed by atoms with Crippen molar-refractivity contribution in [2.45, 2.75) is 38.1 Å². The second kappa shape index (κ2) is 10.2. The lowest BCUT2D eigenvalue weighted by Crippen LogP contribution is -2.44. The highest BCUT2D eigenvalue weighted by atomic mass is 19.1. The smallest absolute Gasteiger partial charge is 0.329 e.